The summed E-state index contributed by atoms with van der Waals surface area (Å²) in [5, 5.41) is 8.65. The molecule has 0 aliphatic heterocycles. The van der Waals surface area contributed by atoms with E-state index in [0.717, 1.165) is 6.42 Å². The highest BCUT2D eigenvalue weighted by Gasteiger charge is 2.56. The molecule has 58 valence electrons. The van der Waals surface area contributed by atoms with E-state index in [1.165, 1.54) is 0 Å². The molecule has 0 heterocycles. The van der Waals surface area contributed by atoms with Crippen LogP contribution in [0.25, 0.3) is 0 Å². The average Bonchev–Trinajstić information content (AvgIpc) is 2.45. The van der Waals surface area contributed by atoms with Crippen molar-refractivity contribution in [2.24, 2.45) is 11.3 Å². The Labute approximate surface area is 60.0 Å². The SMILES string of the molecule is COC[C@@H]1C[C@@]1(C)C(=O)O. The molecule has 10 heavy (non-hydrogen) atoms. The Morgan fingerprint density at radius 1 is 1.90 bits per heavy atom. The molecule has 1 saturated carbocycles. The van der Waals surface area contributed by atoms with Gasteiger partial charge in [0, 0.05) is 7.11 Å². The van der Waals surface area contributed by atoms with E-state index in [-0.39, 0.29) is 5.92 Å². The maximum atomic E-state index is 10.5. The zero-order valence-electron chi connectivity index (χ0n) is 6.26. The first-order valence-corrected chi connectivity index (χ1v) is 3.33. The summed E-state index contributed by atoms with van der Waals surface area (Å²) in [4.78, 5) is 10.5. The monoisotopic (exact) mass is 144 g/mol. The lowest BCUT2D eigenvalue weighted by atomic mass is 10.1. The second-order valence-corrected chi connectivity index (χ2v) is 3.08. The highest BCUT2D eigenvalue weighted by Crippen LogP contribution is 2.52. The number of carboxylic acids is 1. The molecule has 0 spiro atoms. The van der Waals surface area contributed by atoms with E-state index in [1.54, 1.807) is 14.0 Å². The van der Waals surface area contributed by atoms with Crippen LogP contribution in [0, 0.1) is 11.3 Å². The Bertz CT molecular complexity index is 155. The Morgan fingerprint density at radius 2 is 2.50 bits per heavy atom. The molecule has 0 saturated heterocycles. The van der Waals surface area contributed by atoms with Crippen LogP contribution in [0.4, 0.5) is 0 Å². The van der Waals surface area contributed by atoms with Crippen LogP contribution >= 0.6 is 0 Å². The van der Waals surface area contributed by atoms with Crippen LogP contribution in [-0.2, 0) is 9.53 Å². The quantitative estimate of drug-likeness (QED) is 0.635. The van der Waals surface area contributed by atoms with Crippen LogP contribution in [0.1, 0.15) is 13.3 Å². The van der Waals surface area contributed by atoms with Crippen LogP contribution < -0.4 is 0 Å². The van der Waals surface area contributed by atoms with Gasteiger partial charge in [-0.2, -0.15) is 0 Å². The maximum Gasteiger partial charge on any atom is 0.309 e. The Balaban J connectivity index is 2.40. The van der Waals surface area contributed by atoms with Gasteiger partial charge in [0.25, 0.3) is 0 Å². The van der Waals surface area contributed by atoms with Gasteiger partial charge in [0.05, 0.1) is 12.0 Å². The molecule has 0 bridgehead atoms. The third-order valence-electron chi connectivity index (χ3n) is 2.27. The van der Waals surface area contributed by atoms with E-state index in [1.807, 2.05) is 0 Å². The number of rotatable bonds is 3. The van der Waals surface area contributed by atoms with Gasteiger partial charge >= 0.3 is 5.97 Å². The average molecular weight is 144 g/mol. The molecule has 0 aromatic rings. The van der Waals surface area contributed by atoms with Crippen LogP contribution in [0.5, 0.6) is 0 Å². The van der Waals surface area contributed by atoms with Crippen molar-refractivity contribution in [3.05, 3.63) is 0 Å². The van der Waals surface area contributed by atoms with Gasteiger partial charge in [-0.3, -0.25) is 4.79 Å². The fourth-order valence-corrected chi connectivity index (χ4v) is 1.16. The second-order valence-electron chi connectivity index (χ2n) is 3.08. The van der Waals surface area contributed by atoms with E-state index in [4.69, 9.17) is 9.84 Å². The van der Waals surface area contributed by atoms with Gasteiger partial charge in [-0.15, -0.1) is 0 Å². The van der Waals surface area contributed by atoms with Crippen LogP contribution in [0.15, 0.2) is 0 Å². The summed E-state index contributed by atoms with van der Waals surface area (Å²) in [5.41, 5.74) is -0.490. The van der Waals surface area contributed by atoms with Crippen molar-refractivity contribution in [1.29, 1.82) is 0 Å². The predicted molar refractivity (Wildman–Crippen MR) is 35.7 cm³/mol. The molecule has 1 aliphatic rings. The van der Waals surface area contributed by atoms with Crippen LogP contribution in [0.2, 0.25) is 0 Å². The number of hydrogen-bond acceptors (Lipinski definition) is 2. The molecule has 3 nitrogen and oxygen atoms in total. The van der Waals surface area contributed by atoms with Crippen molar-refractivity contribution < 1.29 is 14.6 Å². The summed E-state index contributed by atoms with van der Waals surface area (Å²) in [6.45, 7) is 2.34. The summed E-state index contributed by atoms with van der Waals surface area (Å²) in [5.74, 6) is -0.468. The maximum absolute atomic E-state index is 10.5. The topological polar surface area (TPSA) is 46.5 Å². The molecule has 1 aliphatic carbocycles. The smallest absolute Gasteiger partial charge is 0.309 e. The molecular weight excluding hydrogens is 132 g/mol. The highest BCUT2D eigenvalue weighted by molar-refractivity contribution is 5.78. The van der Waals surface area contributed by atoms with Gasteiger partial charge in [-0.25, -0.2) is 0 Å². The Kier molecular flexibility index (Phi) is 1.68. The van der Waals surface area contributed by atoms with Gasteiger partial charge in [-0.1, -0.05) is 0 Å². The van der Waals surface area contributed by atoms with Crippen molar-refractivity contribution >= 4 is 5.97 Å². The molecule has 2 atom stereocenters. The van der Waals surface area contributed by atoms with Crippen LogP contribution in [0.3, 0.4) is 0 Å². The third-order valence-corrected chi connectivity index (χ3v) is 2.27. The normalized spacial score (nSPS) is 37.6. The zero-order chi connectivity index (χ0) is 7.78. The van der Waals surface area contributed by atoms with Crippen LogP contribution in [-0.4, -0.2) is 24.8 Å². The molecule has 0 amide bonds. The zero-order valence-corrected chi connectivity index (χ0v) is 6.26. The van der Waals surface area contributed by atoms with E-state index in [2.05, 4.69) is 0 Å². The van der Waals surface area contributed by atoms with Gasteiger partial charge in [0.15, 0.2) is 0 Å². The lowest BCUT2D eigenvalue weighted by Gasteiger charge is -2.02. The molecule has 0 unspecified atom stereocenters. The van der Waals surface area contributed by atoms with Crippen molar-refractivity contribution in [1.82, 2.24) is 0 Å². The third kappa shape index (κ3) is 1.01. The first kappa shape index (κ1) is 7.54. The number of aliphatic carboxylic acids is 1. The van der Waals surface area contributed by atoms with Gasteiger partial charge in [0.1, 0.15) is 0 Å². The fraction of sp³-hybridized carbons (Fsp3) is 0.857. The summed E-state index contributed by atoms with van der Waals surface area (Å²) >= 11 is 0. The molecule has 3 heteroatoms. The molecule has 1 N–H and O–H groups in total. The van der Waals surface area contributed by atoms with Crippen molar-refractivity contribution in [2.75, 3.05) is 13.7 Å². The molecular formula is C7H12O3. The molecule has 1 rings (SSSR count). The number of ether oxygens (including phenoxy) is 1. The first-order valence-electron chi connectivity index (χ1n) is 3.33. The van der Waals surface area contributed by atoms with Gasteiger partial charge in [-0.05, 0) is 19.3 Å². The lowest BCUT2D eigenvalue weighted by molar-refractivity contribution is -0.143. The molecule has 0 aromatic heterocycles. The van der Waals surface area contributed by atoms with Crippen molar-refractivity contribution in [3.8, 4) is 0 Å². The minimum atomic E-state index is -0.699. The highest BCUT2D eigenvalue weighted by atomic mass is 16.5. The molecule has 1 fully saturated rings. The molecule has 0 radical (unpaired) electrons. The summed E-state index contributed by atoms with van der Waals surface area (Å²) < 4.78 is 4.85. The first-order chi connectivity index (χ1) is 4.61. The van der Waals surface area contributed by atoms with E-state index >= 15 is 0 Å². The summed E-state index contributed by atoms with van der Waals surface area (Å²) in [6, 6.07) is 0. The molecule has 0 aromatic carbocycles. The second kappa shape index (κ2) is 2.23. The van der Waals surface area contributed by atoms with E-state index in [9.17, 15) is 4.79 Å². The lowest BCUT2D eigenvalue weighted by Crippen LogP contribution is -2.14. The Morgan fingerprint density at radius 3 is 2.80 bits per heavy atom. The van der Waals surface area contributed by atoms with Gasteiger partial charge < -0.3 is 9.84 Å². The standard InChI is InChI=1S/C7H12O3/c1-7(6(8)9)3-5(7)4-10-2/h5H,3-4H2,1-2H3,(H,8,9)/t5-,7+/m0/s1. The van der Waals surface area contributed by atoms with Crippen molar-refractivity contribution in [3.63, 3.8) is 0 Å². The van der Waals surface area contributed by atoms with Gasteiger partial charge in [0.2, 0.25) is 0 Å². The summed E-state index contributed by atoms with van der Waals surface area (Å²) in [6.07, 6.45) is 0.760. The number of carbonyl (C=O) groups is 1. The minimum absolute atomic E-state index is 0.231. The largest absolute Gasteiger partial charge is 0.481 e. The van der Waals surface area contributed by atoms with Crippen molar-refractivity contribution in [2.45, 2.75) is 13.3 Å². The summed E-state index contributed by atoms with van der Waals surface area (Å²) in [7, 11) is 1.60. The van der Waals surface area contributed by atoms with E-state index < -0.39 is 11.4 Å². The number of methoxy groups -OCH3 is 1. The Hall–Kier alpha value is -0.570. The number of hydrogen-bond donors (Lipinski definition) is 1. The predicted octanol–water partition coefficient (Wildman–Crippen LogP) is 0.744. The fourth-order valence-electron chi connectivity index (χ4n) is 1.16. The van der Waals surface area contributed by atoms with E-state index in [0.29, 0.717) is 6.61 Å². The minimum Gasteiger partial charge on any atom is -0.481 e. The number of carboxylic acid groups (broad SMARTS) is 1.